The second-order valence-electron chi connectivity index (χ2n) is 8.05. The molecule has 1 aromatic rings. The van der Waals surface area contributed by atoms with Crippen LogP contribution in [0.5, 0.6) is 0 Å². The first-order valence-electron chi connectivity index (χ1n) is 9.53. The quantitative estimate of drug-likeness (QED) is 0.590. The van der Waals surface area contributed by atoms with Crippen molar-refractivity contribution in [3.05, 3.63) is 29.3 Å². The lowest BCUT2D eigenvalue weighted by Gasteiger charge is -2.37. The molecule has 1 aromatic carbocycles. The van der Waals surface area contributed by atoms with Crippen molar-refractivity contribution in [1.29, 1.82) is 0 Å². The number of carbonyl (C=O) groups is 2. The van der Waals surface area contributed by atoms with Crippen molar-refractivity contribution in [2.45, 2.75) is 46.4 Å². The molecule has 30 heavy (non-hydrogen) atoms. The van der Waals surface area contributed by atoms with Crippen LogP contribution in [0.25, 0.3) is 0 Å². The molecule has 1 N–H and O–H groups in total. The molecule has 0 unspecified atom stereocenters. The number of piperazine rings is 1. The van der Waals surface area contributed by atoms with Gasteiger partial charge in [-0.05, 0) is 45.4 Å². The van der Waals surface area contributed by atoms with Crippen molar-refractivity contribution in [3.8, 4) is 0 Å². The fourth-order valence-electron chi connectivity index (χ4n) is 2.95. The third-order valence-electron chi connectivity index (χ3n) is 4.37. The molecular formula is C20H27F3N4O3. The smallest absolute Gasteiger partial charge is 0.418 e. The van der Waals surface area contributed by atoms with Crippen LogP contribution < -0.4 is 10.3 Å². The van der Waals surface area contributed by atoms with Crippen molar-refractivity contribution in [3.63, 3.8) is 0 Å². The Hall–Kier alpha value is -2.78. The summed E-state index contributed by atoms with van der Waals surface area (Å²) >= 11 is 0. The van der Waals surface area contributed by atoms with Crippen LogP contribution in [-0.2, 0) is 15.7 Å². The van der Waals surface area contributed by atoms with E-state index in [0.717, 1.165) is 6.07 Å². The fraction of sp³-hybridized carbons (Fsp3) is 0.550. The van der Waals surface area contributed by atoms with E-state index in [9.17, 15) is 22.8 Å². The molecule has 2 rings (SSSR count). The van der Waals surface area contributed by atoms with Gasteiger partial charge in [-0.25, -0.2) is 10.2 Å². The normalized spacial score (nSPS) is 15.8. The summed E-state index contributed by atoms with van der Waals surface area (Å²) in [5, 5.41) is 3.80. The Morgan fingerprint density at radius 2 is 1.67 bits per heavy atom. The van der Waals surface area contributed by atoms with Crippen LogP contribution in [0.2, 0.25) is 0 Å². The zero-order valence-electron chi connectivity index (χ0n) is 17.8. The third kappa shape index (κ3) is 6.36. The Morgan fingerprint density at radius 3 is 2.17 bits per heavy atom. The molecule has 0 radical (unpaired) electrons. The van der Waals surface area contributed by atoms with Crippen molar-refractivity contribution in [1.82, 2.24) is 10.3 Å². The average Bonchev–Trinajstić information content (AvgIpc) is 2.63. The van der Waals surface area contributed by atoms with Crippen molar-refractivity contribution >= 4 is 23.4 Å². The van der Waals surface area contributed by atoms with Crippen molar-refractivity contribution < 1.29 is 27.5 Å². The van der Waals surface area contributed by atoms with E-state index in [1.54, 1.807) is 25.7 Å². The van der Waals surface area contributed by atoms with Gasteiger partial charge in [0, 0.05) is 38.8 Å². The molecule has 0 aromatic heterocycles. The molecular weight excluding hydrogens is 401 g/mol. The minimum atomic E-state index is -4.57. The Balaban J connectivity index is 2.21. The summed E-state index contributed by atoms with van der Waals surface area (Å²) in [4.78, 5) is 26.2. The van der Waals surface area contributed by atoms with Gasteiger partial charge in [0.15, 0.2) is 0 Å². The molecule has 1 heterocycles. The number of rotatable bonds is 3. The van der Waals surface area contributed by atoms with Gasteiger partial charge < -0.3 is 14.5 Å². The van der Waals surface area contributed by atoms with Crippen LogP contribution >= 0.6 is 0 Å². The van der Waals surface area contributed by atoms with Crippen LogP contribution in [-0.4, -0.2) is 54.4 Å². The number of benzene rings is 1. The number of carbonyl (C=O) groups excluding carboxylic acids is 2. The molecule has 10 heteroatoms. The molecule has 7 nitrogen and oxygen atoms in total. The lowest BCUT2D eigenvalue weighted by atomic mass is 10.0. The lowest BCUT2D eigenvalue weighted by Crippen LogP contribution is -2.50. The monoisotopic (exact) mass is 428 g/mol. The number of hydrogen-bond acceptors (Lipinski definition) is 5. The predicted molar refractivity (Wildman–Crippen MR) is 107 cm³/mol. The van der Waals surface area contributed by atoms with Gasteiger partial charge in [0.25, 0.3) is 0 Å². The van der Waals surface area contributed by atoms with Gasteiger partial charge in [-0.2, -0.15) is 18.3 Å². The number of halogens is 3. The van der Waals surface area contributed by atoms with E-state index in [4.69, 9.17) is 4.74 Å². The van der Waals surface area contributed by atoms with E-state index in [2.05, 4.69) is 10.5 Å². The van der Waals surface area contributed by atoms with Crippen LogP contribution in [0.4, 0.5) is 23.7 Å². The lowest BCUT2D eigenvalue weighted by molar-refractivity contribution is -0.137. The van der Waals surface area contributed by atoms with E-state index >= 15 is 0 Å². The largest absolute Gasteiger partial charge is 0.444 e. The number of amides is 2. The van der Waals surface area contributed by atoms with Crippen molar-refractivity contribution in [2.75, 3.05) is 31.1 Å². The topological polar surface area (TPSA) is 74.2 Å². The molecule has 0 saturated carbocycles. The standard InChI is InChI=1S/C20H27F3N4O3/c1-13(24-25-14(2)28)15-6-7-17(16(12-15)20(21,22)23)26-8-10-27(11-9-26)18(29)30-19(3,4)5/h6-7,12H,8-11H2,1-5H3,(H,25,28)/b24-13+. The van der Waals surface area contributed by atoms with Gasteiger partial charge >= 0.3 is 12.3 Å². The molecule has 0 bridgehead atoms. The highest BCUT2D eigenvalue weighted by Gasteiger charge is 2.36. The highest BCUT2D eigenvalue weighted by atomic mass is 19.4. The summed E-state index contributed by atoms with van der Waals surface area (Å²) in [6.07, 6.45) is -5.04. The number of anilines is 1. The van der Waals surface area contributed by atoms with Gasteiger partial charge in [-0.1, -0.05) is 6.07 Å². The SMILES string of the molecule is CC(=O)N/N=C(\C)c1ccc(N2CCN(C(=O)OC(C)(C)C)CC2)c(C(F)(F)F)c1. The Bertz CT molecular complexity index is 824. The summed E-state index contributed by atoms with van der Waals surface area (Å²) in [6, 6.07) is 3.95. The zero-order chi connectivity index (χ0) is 22.7. The Morgan fingerprint density at radius 1 is 1.07 bits per heavy atom. The summed E-state index contributed by atoms with van der Waals surface area (Å²) in [7, 11) is 0. The number of hydrogen-bond donors (Lipinski definition) is 1. The molecule has 0 spiro atoms. The average molecular weight is 428 g/mol. The first-order valence-corrected chi connectivity index (χ1v) is 9.53. The van der Waals surface area contributed by atoms with E-state index in [-0.39, 0.29) is 43.1 Å². The van der Waals surface area contributed by atoms with Crippen LogP contribution in [0.1, 0.15) is 45.7 Å². The van der Waals surface area contributed by atoms with E-state index in [0.29, 0.717) is 0 Å². The van der Waals surface area contributed by atoms with E-state index < -0.39 is 29.3 Å². The van der Waals surface area contributed by atoms with Crippen LogP contribution in [0, 0.1) is 0 Å². The maximum atomic E-state index is 13.7. The first kappa shape index (κ1) is 23.5. The molecule has 0 atom stereocenters. The highest BCUT2D eigenvalue weighted by molar-refractivity contribution is 5.99. The molecule has 0 aliphatic carbocycles. The summed E-state index contributed by atoms with van der Waals surface area (Å²) in [5.41, 5.74) is 1.36. The molecule has 166 valence electrons. The van der Waals surface area contributed by atoms with Crippen LogP contribution in [0.15, 0.2) is 23.3 Å². The maximum absolute atomic E-state index is 13.7. The summed E-state index contributed by atoms with van der Waals surface area (Å²) in [5.74, 6) is -0.412. The molecule has 1 saturated heterocycles. The number of alkyl halides is 3. The van der Waals surface area contributed by atoms with E-state index in [1.165, 1.54) is 30.9 Å². The van der Waals surface area contributed by atoms with Gasteiger partial charge in [0.1, 0.15) is 5.60 Å². The zero-order valence-corrected chi connectivity index (χ0v) is 17.8. The van der Waals surface area contributed by atoms with Gasteiger partial charge in [-0.15, -0.1) is 0 Å². The maximum Gasteiger partial charge on any atom is 0.418 e. The molecule has 2 amide bonds. The summed E-state index contributed by atoms with van der Waals surface area (Å²) in [6.45, 7) is 9.08. The second kappa shape index (κ2) is 8.93. The first-order chi connectivity index (χ1) is 13.8. The second-order valence-corrected chi connectivity index (χ2v) is 8.05. The Kier molecular flexibility index (Phi) is 6.99. The highest BCUT2D eigenvalue weighted by Crippen LogP contribution is 2.37. The Labute approximate surface area is 173 Å². The molecule has 1 fully saturated rings. The molecule has 1 aliphatic rings. The number of nitrogens with zero attached hydrogens (tertiary/aromatic N) is 3. The van der Waals surface area contributed by atoms with Gasteiger partial charge in [0.2, 0.25) is 5.91 Å². The summed E-state index contributed by atoms with van der Waals surface area (Å²) < 4.78 is 46.5. The molecule has 1 aliphatic heterocycles. The predicted octanol–water partition coefficient (Wildman–Crippen LogP) is 3.62. The fourth-order valence-corrected chi connectivity index (χ4v) is 2.95. The number of hydrazone groups is 1. The number of nitrogens with one attached hydrogen (secondary N) is 1. The van der Waals surface area contributed by atoms with Crippen LogP contribution in [0.3, 0.4) is 0 Å². The third-order valence-corrected chi connectivity index (χ3v) is 4.37. The minimum Gasteiger partial charge on any atom is -0.444 e. The van der Waals surface area contributed by atoms with Gasteiger partial charge in [-0.3, -0.25) is 4.79 Å². The minimum absolute atomic E-state index is 0.0439. The van der Waals surface area contributed by atoms with E-state index in [1.807, 2.05) is 0 Å². The van der Waals surface area contributed by atoms with Crippen molar-refractivity contribution in [2.24, 2.45) is 5.10 Å². The number of ether oxygens (including phenoxy) is 1. The van der Waals surface area contributed by atoms with Gasteiger partial charge in [0.05, 0.1) is 11.3 Å².